The molecule has 0 unspecified atom stereocenters. The molecule has 2 aromatic heterocycles. The summed E-state index contributed by atoms with van der Waals surface area (Å²) in [5.41, 5.74) is 5.61. The summed E-state index contributed by atoms with van der Waals surface area (Å²) in [6, 6.07) is 0.386. The van der Waals surface area contributed by atoms with E-state index in [1.165, 1.54) is 6.20 Å². The molecule has 1 saturated heterocycles. The molecule has 2 fully saturated rings. The molecule has 2 atom stereocenters. The lowest BCUT2D eigenvalue weighted by Gasteiger charge is -2.29. The molecule has 1 saturated carbocycles. The number of hydrogen-bond donors (Lipinski definition) is 3. The lowest BCUT2D eigenvalue weighted by Crippen LogP contribution is -2.39. The van der Waals surface area contributed by atoms with Gasteiger partial charge < -0.3 is 21.1 Å². The van der Waals surface area contributed by atoms with Crippen LogP contribution in [0.15, 0.2) is 18.3 Å². The summed E-state index contributed by atoms with van der Waals surface area (Å²) < 4.78 is 63.3. The van der Waals surface area contributed by atoms with E-state index in [0.29, 0.717) is 62.0 Å². The molecular formula is C23H25F4N7O2. The van der Waals surface area contributed by atoms with E-state index in [9.17, 15) is 22.4 Å². The van der Waals surface area contributed by atoms with Gasteiger partial charge in [0.25, 0.3) is 0 Å². The Hall–Kier alpha value is -3.48. The summed E-state index contributed by atoms with van der Waals surface area (Å²) in [7, 11) is 0. The number of benzene rings is 1. The predicted octanol–water partition coefficient (Wildman–Crippen LogP) is 3.74. The van der Waals surface area contributed by atoms with Crippen LogP contribution in [-0.4, -0.2) is 50.9 Å². The summed E-state index contributed by atoms with van der Waals surface area (Å²) in [5, 5.41) is 5.64. The smallest absolute Gasteiger partial charge is 0.225 e. The van der Waals surface area contributed by atoms with Crippen molar-refractivity contribution in [3.05, 3.63) is 35.8 Å². The first kappa shape index (κ1) is 24.2. The monoisotopic (exact) mass is 507 g/mol. The van der Waals surface area contributed by atoms with Crippen molar-refractivity contribution in [2.45, 2.75) is 50.4 Å². The summed E-state index contributed by atoms with van der Waals surface area (Å²) in [6.45, 7) is 0.383. The zero-order valence-electron chi connectivity index (χ0n) is 19.2. The Morgan fingerprint density at radius 3 is 2.47 bits per heavy atom. The number of nitrogens with one attached hydrogen (secondary N) is 2. The van der Waals surface area contributed by atoms with Gasteiger partial charge in [0, 0.05) is 30.7 Å². The Balaban J connectivity index is 1.53. The summed E-state index contributed by atoms with van der Waals surface area (Å²) in [4.78, 5) is 24.8. The standard InChI is InChI=1S/C23H25F4N7O2/c24-12-7-14(25)19(15(26)8-12)32-23-31-18-9-29-22(30-17-5-6-36-10-16(17)27)33-21(18)34(23)13-3-1-11(2-4-13)20(28)35/h7-9,11,13,16-17H,1-6,10H2,(H2,28,35)(H,31,32)(H,29,30,33)/t11?,13?,16-,17-/m1/s1. The van der Waals surface area contributed by atoms with Crippen molar-refractivity contribution >= 4 is 34.7 Å². The minimum absolute atomic E-state index is 0.0240. The SMILES string of the molecule is NC(=O)C1CCC(n2c(Nc3c(F)cc(F)cc3F)nc3cnc(N[C@@H]4CCOC[C@H]4F)nc32)CC1. The fraction of sp³-hybridized carbons (Fsp3) is 0.478. The third kappa shape index (κ3) is 4.79. The number of nitrogens with zero attached hydrogens (tertiary/aromatic N) is 4. The van der Waals surface area contributed by atoms with Crippen molar-refractivity contribution in [3.63, 3.8) is 0 Å². The number of carbonyl (C=O) groups excluding carboxylic acids is 1. The maximum Gasteiger partial charge on any atom is 0.225 e. The van der Waals surface area contributed by atoms with Gasteiger partial charge >= 0.3 is 0 Å². The summed E-state index contributed by atoms with van der Waals surface area (Å²) in [5.74, 6) is -3.66. The second-order valence-corrected chi connectivity index (χ2v) is 9.12. The molecule has 2 aliphatic rings. The highest BCUT2D eigenvalue weighted by atomic mass is 19.1. The third-order valence-corrected chi connectivity index (χ3v) is 6.74. The van der Waals surface area contributed by atoms with Gasteiger partial charge in [-0.3, -0.25) is 9.36 Å². The number of amides is 1. The normalized spacial score (nSPS) is 24.6. The second-order valence-electron chi connectivity index (χ2n) is 9.12. The molecule has 1 aromatic carbocycles. The lowest BCUT2D eigenvalue weighted by molar-refractivity contribution is -0.122. The van der Waals surface area contributed by atoms with Gasteiger partial charge in [-0.2, -0.15) is 4.98 Å². The van der Waals surface area contributed by atoms with E-state index in [4.69, 9.17) is 10.5 Å². The molecule has 1 aliphatic carbocycles. The van der Waals surface area contributed by atoms with Crippen LogP contribution in [0, 0.1) is 23.4 Å². The van der Waals surface area contributed by atoms with Crippen LogP contribution in [0.25, 0.3) is 11.2 Å². The Kier molecular flexibility index (Phi) is 6.65. The first-order chi connectivity index (χ1) is 17.3. The highest BCUT2D eigenvalue weighted by Gasteiger charge is 2.30. The van der Waals surface area contributed by atoms with E-state index in [2.05, 4.69) is 25.6 Å². The quantitative estimate of drug-likeness (QED) is 0.435. The topological polar surface area (TPSA) is 120 Å². The van der Waals surface area contributed by atoms with Crippen molar-refractivity contribution in [2.75, 3.05) is 23.8 Å². The average Bonchev–Trinajstić information content (AvgIpc) is 3.20. The van der Waals surface area contributed by atoms with Crippen molar-refractivity contribution in [3.8, 4) is 0 Å². The van der Waals surface area contributed by atoms with Gasteiger partial charge in [-0.05, 0) is 32.1 Å². The maximum absolute atomic E-state index is 14.4. The van der Waals surface area contributed by atoms with Crippen LogP contribution in [-0.2, 0) is 9.53 Å². The highest BCUT2D eigenvalue weighted by Crippen LogP contribution is 2.37. The molecule has 4 N–H and O–H groups in total. The molecule has 0 spiro atoms. The number of imidazole rings is 1. The molecule has 13 heteroatoms. The first-order valence-corrected chi connectivity index (χ1v) is 11.7. The second kappa shape index (κ2) is 9.88. The number of primary amides is 1. The van der Waals surface area contributed by atoms with Crippen molar-refractivity contribution < 1.29 is 27.1 Å². The molecule has 3 heterocycles. The third-order valence-electron chi connectivity index (χ3n) is 6.74. The van der Waals surface area contributed by atoms with Gasteiger partial charge in [-0.25, -0.2) is 27.5 Å². The Bertz CT molecular complexity index is 1260. The van der Waals surface area contributed by atoms with Gasteiger partial charge in [0.15, 0.2) is 17.3 Å². The molecule has 3 aromatic rings. The van der Waals surface area contributed by atoms with Gasteiger partial charge in [-0.1, -0.05) is 0 Å². The van der Waals surface area contributed by atoms with E-state index in [1.807, 2.05) is 0 Å². The van der Waals surface area contributed by atoms with Crippen molar-refractivity contribution in [2.24, 2.45) is 11.7 Å². The van der Waals surface area contributed by atoms with Gasteiger partial charge in [0.05, 0.1) is 18.8 Å². The van der Waals surface area contributed by atoms with E-state index in [0.717, 1.165) is 0 Å². The minimum atomic E-state index is -1.23. The highest BCUT2D eigenvalue weighted by molar-refractivity contribution is 5.78. The van der Waals surface area contributed by atoms with Crippen LogP contribution in [0.2, 0.25) is 0 Å². The molecule has 192 valence electrons. The van der Waals surface area contributed by atoms with E-state index in [-0.39, 0.29) is 36.4 Å². The van der Waals surface area contributed by atoms with Crippen molar-refractivity contribution in [1.29, 1.82) is 0 Å². The van der Waals surface area contributed by atoms with Crippen LogP contribution < -0.4 is 16.4 Å². The molecular weight excluding hydrogens is 482 g/mol. The van der Waals surface area contributed by atoms with Crippen LogP contribution >= 0.6 is 0 Å². The minimum Gasteiger partial charge on any atom is -0.378 e. The van der Waals surface area contributed by atoms with E-state index < -0.39 is 35.4 Å². The molecule has 9 nitrogen and oxygen atoms in total. The number of hydrogen-bond acceptors (Lipinski definition) is 7. The molecule has 0 bridgehead atoms. The number of fused-ring (bicyclic) bond motifs is 1. The Labute approximate surface area is 203 Å². The fourth-order valence-corrected chi connectivity index (χ4v) is 4.82. The van der Waals surface area contributed by atoms with Gasteiger partial charge in [0.2, 0.25) is 17.8 Å². The maximum atomic E-state index is 14.4. The van der Waals surface area contributed by atoms with Crippen LogP contribution in [0.3, 0.4) is 0 Å². The summed E-state index contributed by atoms with van der Waals surface area (Å²) in [6.07, 6.45) is 2.79. The van der Waals surface area contributed by atoms with Crippen molar-refractivity contribution in [1.82, 2.24) is 19.5 Å². The van der Waals surface area contributed by atoms with Crippen LogP contribution in [0.4, 0.5) is 35.1 Å². The number of carbonyl (C=O) groups is 1. The summed E-state index contributed by atoms with van der Waals surface area (Å²) >= 11 is 0. The first-order valence-electron chi connectivity index (χ1n) is 11.7. The van der Waals surface area contributed by atoms with Crippen LogP contribution in [0.5, 0.6) is 0 Å². The number of rotatable bonds is 6. The lowest BCUT2D eigenvalue weighted by atomic mass is 9.85. The fourth-order valence-electron chi connectivity index (χ4n) is 4.82. The Morgan fingerprint density at radius 1 is 1.08 bits per heavy atom. The van der Waals surface area contributed by atoms with Crippen LogP contribution in [0.1, 0.15) is 38.1 Å². The average molecular weight is 507 g/mol. The van der Waals surface area contributed by atoms with E-state index >= 15 is 0 Å². The molecule has 36 heavy (non-hydrogen) atoms. The zero-order valence-corrected chi connectivity index (χ0v) is 19.2. The molecule has 1 amide bonds. The number of ether oxygens (including phenoxy) is 1. The molecule has 0 radical (unpaired) electrons. The molecule has 1 aliphatic heterocycles. The van der Waals surface area contributed by atoms with Gasteiger partial charge in [-0.15, -0.1) is 0 Å². The number of alkyl halides is 1. The number of halogens is 4. The number of anilines is 3. The largest absolute Gasteiger partial charge is 0.378 e. The zero-order chi connectivity index (χ0) is 25.4. The number of aromatic nitrogens is 4. The molecule has 5 rings (SSSR count). The Morgan fingerprint density at radius 2 is 1.81 bits per heavy atom. The van der Waals surface area contributed by atoms with Gasteiger partial charge in [0.1, 0.15) is 23.2 Å². The van der Waals surface area contributed by atoms with E-state index in [1.54, 1.807) is 4.57 Å². The predicted molar refractivity (Wildman–Crippen MR) is 123 cm³/mol. The number of nitrogens with two attached hydrogens (primary N) is 1.